The largest absolute Gasteiger partial charge is 0.389 e. The Kier molecular flexibility index (Phi) is 19.6. The van der Waals surface area contributed by atoms with Crippen LogP contribution in [-0.4, -0.2) is 121 Å². The van der Waals surface area contributed by atoms with Gasteiger partial charge in [-0.15, -0.1) is 5.92 Å². The number of carbonyl (C=O) groups excluding carboxylic acids is 4. The second-order valence-corrected chi connectivity index (χ2v) is 14.0. The summed E-state index contributed by atoms with van der Waals surface area (Å²) in [5, 5.41) is 14.9. The van der Waals surface area contributed by atoms with E-state index in [4.69, 9.17) is 18.9 Å². The molecule has 5 N–H and O–H groups in total. The molecule has 0 spiro atoms. The van der Waals surface area contributed by atoms with Crippen LogP contribution in [0.2, 0.25) is 0 Å². The average Bonchev–Trinajstić information content (AvgIpc) is 3.86. The Morgan fingerprint density at radius 1 is 1.06 bits per heavy atom. The molecule has 1 radical (unpaired) electrons. The molecular formula is C33H54N7O8SY-. The van der Waals surface area contributed by atoms with Crippen LogP contribution >= 0.6 is 11.8 Å². The molecule has 3 aliphatic rings. The van der Waals surface area contributed by atoms with E-state index in [1.54, 1.807) is 19.4 Å². The van der Waals surface area contributed by atoms with Gasteiger partial charge < -0.3 is 50.1 Å². The van der Waals surface area contributed by atoms with Gasteiger partial charge in [-0.3, -0.25) is 20.8 Å². The van der Waals surface area contributed by atoms with Gasteiger partial charge in [0.05, 0.1) is 58.1 Å². The van der Waals surface area contributed by atoms with Crippen molar-refractivity contribution in [1.29, 1.82) is 0 Å². The predicted molar refractivity (Wildman–Crippen MR) is 184 cm³/mol. The summed E-state index contributed by atoms with van der Waals surface area (Å²) >= 11 is 1.89. The first-order chi connectivity index (χ1) is 23.7. The Balaban J connectivity index is 0.00000676. The fourth-order valence-corrected chi connectivity index (χ4v) is 7.62. The second-order valence-electron chi connectivity index (χ2n) is 12.7. The van der Waals surface area contributed by atoms with Gasteiger partial charge in [-0.2, -0.15) is 11.8 Å². The van der Waals surface area contributed by atoms with Crippen molar-refractivity contribution < 1.29 is 70.8 Å². The molecule has 3 fully saturated rings. The number of rotatable bonds is 23. The third kappa shape index (κ3) is 14.3. The molecule has 0 saturated carbocycles. The monoisotopic (exact) mass is 797 g/mol. The Morgan fingerprint density at radius 3 is 2.42 bits per heavy atom. The molecular weight excluding hydrogens is 743 g/mol. The van der Waals surface area contributed by atoms with Gasteiger partial charge in [0.25, 0.3) is 5.91 Å². The molecule has 1 aromatic rings. The number of thioether (sulfide) groups is 1. The van der Waals surface area contributed by atoms with Gasteiger partial charge in [0.1, 0.15) is 11.9 Å². The van der Waals surface area contributed by atoms with E-state index in [9.17, 15) is 19.2 Å². The smallest absolute Gasteiger partial charge is 0.315 e. The number of fused-ring (bicyclic) bond motifs is 1. The van der Waals surface area contributed by atoms with Gasteiger partial charge in [-0.1, -0.05) is 32.8 Å². The molecule has 4 heterocycles. The zero-order valence-electron chi connectivity index (χ0n) is 29.5. The molecule has 0 bridgehead atoms. The van der Waals surface area contributed by atoms with E-state index in [0.717, 1.165) is 31.4 Å². The van der Waals surface area contributed by atoms with Crippen molar-refractivity contribution in [2.24, 2.45) is 5.92 Å². The van der Waals surface area contributed by atoms with Crippen molar-refractivity contribution in [2.75, 3.05) is 58.5 Å². The van der Waals surface area contributed by atoms with Crippen molar-refractivity contribution in [3.8, 4) is 0 Å². The molecule has 1 aromatic heterocycles. The number of amides is 5. The molecule has 4 unspecified atom stereocenters. The maximum Gasteiger partial charge on any atom is 0.315 e. The molecule has 0 aliphatic carbocycles. The fourth-order valence-electron chi connectivity index (χ4n) is 6.08. The third-order valence-electron chi connectivity index (χ3n) is 8.64. The number of nitrogens with one attached hydrogen (secondary N) is 5. The molecule has 50 heavy (non-hydrogen) atoms. The first-order valence-corrected chi connectivity index (χ1v) is 18.6. The topological polar surface area (TPSA) is 183 Å². The molecule has 4 rings (SSSR count). The van der Waals surface area contributed by atoms with E-state index in [1.165, 1.54) is 0 Å². The summed E-state index contributed by atoms with van der Waals surface area (Å²) < 4.78 is 24.3. The van der Waals surface area contributed by atoms with Crippen molar-refractivity contribution in [3.05, 3.63) is 24.6 Å². The zero-order valence-corrected chi connectivity index (χ0v) is 33.2. The number of carbonyl (C=O) groups is 4. The molecule has 0 aromatic carbocycles. The van der Waals surface area contributed by atoms with Crippen LogP contribution in [-0.2, 0) is 61.2 Å². The van der Waals surface area contributed by atoms with Crippen molar-refractivity contribution in [3.63, 3.8) is 0 Å². The number of ether oxygens (including phenoxy) is 4. The molecule has 279 valence electrons. The number of urea groups is 1. The van der Waals surface area contributed by atoms with Gasteiger partial charge in [0.15, 0.2) is 0 Å². The third-order valence-corrected chi connectivity index (χ3v) is 10.2. The van der Waals surface area contributed by atoms with Gasteiger partial charge >= 0.3 is 6.03 Å². The van der Waals surface area contributed by atoms with E-state index < -0.39 is 0 Å². The van der Waals surface area contributed by atoms with Crippen LogP contribution in [0.5, 0.6) is 0 Å². The molecule has 7 atom stereocenters. The first-order valence-electron chi connectivity index (χ1n) is 17.5. The average molecular weight is 798 g/mol. The van der Waals surface area contributed by atoms with Crippen LogP contribution in [0, 0.1) is 12.3 Å². The Labute approximate surface area is 324 Å². The van der Waals surface area contributed by atoms with Gasteiger partial charge in [-0.25, -0.2) is 9.78 Å². The summed E-state index contributed by atoms with van der Waals surface area (Å²) in [6, 6.07) is 0.00862. The van der Waals surface area contributed by atoms with Crippen LogP contribution in [0.1, 0.15) is 76.0 Å². The second kappa shape index (κ2) is 23.0. The number of hydrogen-bond donors (Lipinski definition) is 5. The summed E-state index contributed by atoms with van der Waals surface area (Å²) in [6.45, 7) is 9.12. The van der Waals surface area contributed by atoms with Crippen LogP contribution < -0.4 is 26.6 Å². The molecule has 5 amide bonds. The predicted octanol–water partition coefficient (Wildman–Crippen LogP) is 1.54. The Morgan fingerprint density at radius 2 is 1.74 bits per heavy atom. The Hall–Kier alpha value is -1.82. The Bertz CT molecular complexity index is 1210. The van der Waals surface area contributed by atoms with E-state index >= 15 is 0 Å². The van der Waals surface area contributed by atoms with Crippen LogP contribution in [0.25, 0.3) is 0 Å². The fraction of sp³-hybridized carbons (Fsp3) is 0.758. The molecule has 3 saturated heterocycles. The van der Waals surface area contributed by atoms with Crippen LogP contribution in [0.15, 0.2) is 12.5 Å². The van der Waals surface area contributed by atoms with E-state index in [-0.39, 0.29) is 105 Å². The summed E-state index contributed by atoms with van der Waals surface area (Å²) in [6.07, 6.45) is 9.68. The van der Waals surface area contributed by atoms with Crippen molar-refractivity contribution in [2.45, 2.75) is 95.0 Å². The normalized spacial score (nSPS) is 24.5. The van der Waals surface area contributed by atoms with E-state index in [0.29, 0.717) is 64.4 Å². The van der Waals surface area contributed by atoms with Crippen molar-refractivity contribution in [1.82, 2.24) is 36.1 Å². The maximum atomic E-state index is 12.6. The quantitative estimate of drug-likeness (QED) is 0.0619. The van der Waals surface area contributed by atoms with E-state index in [1.807, 2.05) is 16.3 Å². The summed E-state index contributed by atoms with van der Waals surface area (Å²) in [7, 11) is 0. The summed E-state index contributed by atoms with van der Waals surface area (Å²) in [5.74, 6) is 0.668. The molecule has 15 nitrogen and oxygen atoms in total. The van der Waals surface area contributed by atoms with Crippen LogP contribution in [0.4, 0.5) is 4.79 Å². The number of hydrogen-bond acceptors (Lipinski definition) is 10. The number of aromatic nitrogens is 2. The van der Waals surface area contributed by atoms with E-state index in [2.05, 4.69) is 51.8 Å². The first kappa shape index (κ1) is 42.6. The van der Waals surface area contributed by atoms with Crippen LogP contribution in [0.3, 0.4) is 0 Å². The van der Waals surface area contributed by atoms with Gasteiger partial charge in [0, 0.05) is 81.9 Å². The van der Waals surface area contributed by atoms with Gasteiger partial charge in [0.2, 0.25) is 11.8 Å². The van der Waals surface area contributed by atoms with Gasteiger partial charge in [-0.05, 0) is 19.8 Å². The number of imidazole rings is 1. The minimum atomic E-state index is -0.368. The SMILES string of the molecule is CC[C@@H]1[CH-][C@H](C)[C@H](n2cnc(C(=O)NC(C)CC(=O)NCCOCCOCCOCCNC(=O)CCCCC3SCC4NC(=O)NC43)c2)O1.[Y]. The summed E-state index contributed by atoms with van der Waals surface area (Å²) in [5.41, 5.74) is 0.282. The number of unbranched alkanes of at least 4 members (excludes halogenated alkanes) is 1. The maximum absolute atomic E-state index is 12.6. The summed E-state index contributed by atoms with van der Waals surface area (Å²) in [4.78, 5) is 52.7. The molecule has 3 aliphatic heterocycles. The molecule has 17 heteroatoms. The van der Waals surface area contributed by atoms with Crippen molar-refractivity contribution >= 4 is 35.5 Å². The number of nitrogens with zero attached hydrogens (tertiary/aromatic N) is 2. The zero-order chi connectivity index (χ0) is 35.0. The minimum Gasteiger partial charge on any atom is -0.389 e. The standard InChI is InChI=1S/C33H54N7O8S.Y/c1-4-24-17-22(2)32(48-24)40-19-25(36-21-40)31(43)37-23(3)18-29(42)35-10-12-46-14-16-47-15-13-45-11-9-34-28(41)8-6-5-7-27-30-26(20-49-27)38-33(44)39-30;/h17,19,21-24,26-27,30,32H,4-16,18,20H2,1-3H3,(H,34,41)(H,35,42)(H,37,43)(H2,38,39,44);/q-1;/t22-,23?,24+,26?,27?,30?,32+;/m0./s1. The minimum absolute atomic E-state index is 0.